The van der Waals surface area contributed by atoms with Crippen molar-refractivity contribution in [2.75, 3.05) is 33.1 Å². The molecule has 0 radical (unpaired) electrons. The number of benzene rings is 1. The van der Waals surface area contributed by atoms with Crippen molar-refractivity contribution in [3.05, 3.63) is 50.0 Å². The number of likely N-dealkylation sites (N-methyl/N-ethyl adjacent to an activating group) is 1. The zero-order valence-corrected chi connectivity index (χ0v) is 22.9. The molecule has 0 heterocycles. The van der Waals surface area contributed by atoms with Gasteiger partial charge in [-0.1, -0.05) is 0 Å². The maximum atomic E-state index is 13.6. The number of nitro groups is 1. The van der Waals surface area contributed by atoms with Crippen LogP contribution in [0.15, 0.2) is 28.7 Å². The summed E-state index contributed by atoms with van der Waals surface area (Å²) in [5, 5.41) is 55.8. The molecule has 3 aliphatic rings. The first-order valence-corrected chi connectivity index (χ1v) is 13.1. The average molecular weight is 601 g/mol. The van der Waals surface area contributed by atoms with Crippen molar-refractivity contribution in [3.63, 3.8) is 0 Å². The van der Waals surface area contributed by atoms with E-state index in [0.29, 0.717) is 11.3 Å². The Bertz CT molecular complexity index is 1540. The number of allylic oxidation sites excluding steroid dienone is 1. The maximum absolute atomic E-state index is 13.6. The second-order valence-electron chi connectivity index (χ2n) is 10.2. The molecule has 0 bridgehead atoms. The minimum Gasteiger partial charge on any atom is -0.510 e. The smallest absolute Gasteiger partial charge is 0.394 e. The van der Waals surface area contributed by atoms with Gasteiger partial charge in [-0.3, -0.25) is 38.5 Å². The number of phenolic OH excluding ortho intramolecular Hbond substituents is 1. The number of Topliss-reactive ketones (excluding diaryl/α,β-unsaturated/α-hetero) is 2. The number of hydrogen-bond acceptors (Lipinski definition) is 13. The standard InChI is InChI=1S/C23H26N4O9.H2O4S/c1-25(2)11-7-12(27(35)36)17(28)14-9(11)5-8-6-10-16(26(3)4)19(30)15(22(24)33)21(32)23(10,34)20(31)13(8)18(14)29;1-5(2,3)4/h7-8,10,16,28,30-31,34H,5-6H2,1-4H3,(H2,24,33);(H2,1,2,3,4)/t8?,10?,16-,23?;/m0./s1. The van der Waals surface area contributed by atoms with Crippen LogP contribution in [-0.2, 0) is 26.4 Å². The van der Waals surface area contributed by atoms with Gasteiger partial charge in [-0.2, -0.15) is 8.42 Å². The number of aromatic hydroxyl groups is 1. The number of anilines is 1. The van der Waals surface area contributed by atoms with E-state index in [1.807, 2.05) is 0 Å². The summed E-state index contributed by atoms with van der Waals surface area (Å²) in [6.45, 7) is 0. The zero-order chi connectivity index (χ0) is 31.5. The fraction of sp³-hybridized carbons (Fsp3) is 0.435. The lowest BCUT2D eigenvalue weighted by atomic mass is 9.58. The number of carbonyl (C=O) groups is 3. The van der Waals surface area contributed by atoms with Crippen molar-refractivity contribution in [1.29, 1.82) is 0 Å². The highest BCUT2D eigenvalue weighted by Crippen LogP contribution is 2.54. The highest BCUT2D eigenvalue weighted by atomic mass is 32.3. The first-order chi connectivity index (χ1) is 18.7. The lowest BCUT2D eigenvalue weighted by Gasteiger charge is -2.50. The molecule has 0 saturated carbocycles. The molecule has 3 unspecified atom stereocenters. The Morgan fingerprint density at radius 1 is 1.15 bits per heavy atom. The average Bonchev–Trinajstić information content (AvgIpc) is 2.79. The number of phenols is 1. The SMILES string of the molecule is CN(C)c1cc([N+](=O)[O-])c(O)c2c1CC1CC3[C@H](N(C)C)C(O)=C(C(N)=O)C(=O)C3(O)C(O)=C1C2=O.O=S(=O)(O)O. The van der Waals surface area contributed by atoms with Crippen LogP contribution in [0.2, 0.25) is 0 Å². The molecule has 0 spiro atoms. The number of amides is 1. The second kappa shape index (κ2) is 10.4. The van der Waals surface area contributed by atoms with E-state index in [-0.39, 0.29) is 12.8 Å². The number of rotatable bonds is 4. The van der Waals surface area contributed by atoms with Crippen LogP contribution in [0, 0.1) is 22.0 Å². The quantitative estimate of drug-likeness (QED) is 0.0987. The highest BCUT2D eigenvalue weighted by molar-refractivity contribution is 7.79. The summed E-state index contributed by atoms with van der Waals surface area (Å²) in [5.41, 5.74) is 0.726. The Labute approximate surface area is 232 Å². The number of carbonyl (C=O) groups excluding carboxylic acids is 3. The molecule has 0 aliphatic heterocycles. The fourth-order valence-corrected chi connectivity index (χ4v) is 5.82. The number of nitro benzene ring substituents is 1. The van der Waals surface area contributed by atoms with Crippen LogP contribution in [0.4, 0.5) is 11.4 Å². The van der Waals surface area contributed by atoms with Gasteiger partial charge < -0.3 is 31.1 Å². The zero-order valence-electron chi connectivity index (χ0n) is 22.1. The van der Waals surface area contributed by atoms with E-state index in [1.54, 1.807) is 19.0 Å². The first kappa shape index (κ1) is 31.4. The molecule has 18 heteroatoms. The summed E-state index contributed by atoms with van der Waals surface area (Å²) in [6.07, 6.45) is -0.0377. The number of nitrogens with two attached hydrogens (primary N) is 1. The van der Waals surface area contributed by atoms with Gasteiger partial charge >= 0.3 is 16.1 Å². The molecule has 4 atom stereocenters. The molecule has 3 aliphatic carbocycles. The van der Waals surface area contributed by atoms with E-state index in [0.717, 1.165) is 6.07 Å². The third kappa shape index (κ3) is 5.10. The summed E-state index contributed by atoms with van der Waals surface area (Å²) < 4.78 is 31.6. The maximum Gasteiger partial charge on any atom is 0.394 e. The van der Waals surface area contributed by atoms with Gasteiger partial charge in [-0.15, -0.1) is 0 Å². The normalized spacial score (nSPS) is 25.6. The van der Waals surface area contributed by atoms with E-state index >= 15 is 0 Å². The monoisotopic (exact) mass is 600 g/mol. The Morgan fingerprint density at radius 2 is 1.68 bits per heavy atom. The van der Waals surface area contributed by atoms with Gasteiger partial charge in [0.2, 0.25) is 11.5 Å². The summed E-state index contributed by atoms with van der Waals surface area (Å²) in [5.74, 6) is -8.16. The minimum atomic E-state index is -4.67. The highest BCUT2D eigenvalue weighted by Gasteiger charge is 2.63. The molecule has 1 amide bonds. The Kier molecular flexibility index (Phi) is 7.96. The van der Waals surface area contributed by atoms with E-state index in [9.17, 15) is 44.9 Å². The molecule has 41 heavy (non-hydrogen) atoms. The van der Waals surface area contributed by atoms with Crippen LogP contribution in [-0.4, -0.2) is 105 Å². The molecular weight excluding hydrogens is 572 g/mol. The van der Waals surface area contributed by atoms with E-state index in [4.69, 9.17) is 23.3 Å². The van der Waals surface area contributed by atoms with Gasteiger partial charge in [0.05, 0.1) is 16.5 Å². The van der Waals surface area contributed by atoms with Crippen molar-refractivity contribution in [1.82, 2.24) is 4.90 Å². The number of aliphatic hydroxyl groups is 3. The molecule has 0 saturated heterocycles. The van der Waals surface area contributed by atoms with Crippen LogP contribution in [0.5, 0.6) is 5.75 Å². The van der Waals surface area contributed by atoms with Crippen molar-refractivity contribution in [3.8, 4) is 5.75 Å². The Balaban J connectivity index is 0.000000850. The fourth-order valence-electron chi connectivity index (χ4n) is 5.82. The molecule has 0 fully saturated rings. The molecule has 8 N–H and O–H groups in total. The molecular formula is C23H28N4O13S. The summed E-state index contributed by atoms with van der Waals surface area (Å²) >= 11 is 0. The van der Waals surface area contributed by atoms with Crippen LogP contribution >= 0.6 is 0 Å². The van der Waals surface area contributed by atoms with Gasteiger partial charge in [-0.05, 0) is 38.4 Å². The molecule has 4 rings (SSSR count). The van der Waals surface area contributed by atoms with Gasteiger partial charge in [0, 0.05) is 37.3 Å². The predicted molar refractivity (Wildman–Crippen MR) is 139 cm³/mol. The lowest BCUT2D eigenvalue weighted by molar-refractivity contribution is -0.385. The summed E-state index contributed by atoms with van der Waals surface area (Å²) in [6, 6.07) is 0.0457. The van der Waals surface area contributed by atoms with Crippen molar-refractivity contribution < 1.29 is 57.3 Å². The molecule has 17 nitrogen and oxygen atoms in total. The number of fused-ring (bicyclic) bond motifs is 3. The third-order valence-corrected chi connectivity index (χ3v) is 7.36. The Hall–Kier alpha value is -4.10. The number of aliphatic hydroxyl groups excluding tert-OH is 2. The van der Waals surface area contributed by atoms with Crippen LogP contribution in [0.25, 0.3) is 0 Å². The number of hydrogen-bond donors (Lipinski definition) is 7. The predicted octanol–water partition coefficient (Wildman–Crippen LogP) is -0.558. The summed E-state index contributed by atoms with van der Waals surface area (Å²) in [4.78, 5) is 52.6. The molecule has 1 aromatic carbocycles. The van der Waals surface area contributed by atoms with Gasteiger partial charge in [0.15, 0.2) is 11.4 Å². The van der Waals surface area contributed by atoms with Crippen LogP contribution in [0.1, 0.15) is 22.3 Å². The van der Waals surface area contributed by atoms with Crippen LogP contribution < -0.4 is 10.6 Å². The van der Waals surface area contributed by atoms with Gasteiger partial charge in [0.25, 0.3) is 5.91 Å². The first-order valence-electron chi connectivity index (χ1n) is 11.7. The third-order valence-electron chi connectivity index (χ3n) is 7.36. The van der Waals surface area contributed by atoms with E-state index in [2.05, 4.69) is 0 Å². The minimum absolute atomic E-state index is 0.0353. The van der Waals surface area contributed by atoms with Gasteiger partial charge in [0.1, 0.15) is 17.1 Å². The van der Waals surface area contributed by atoms with E-state index in [1.165, 1.54) is 19.0 Å². The Morgan fingerprint density at radius 3 is 2.12 bits per heavy atom. The molecule has 224 valence electrons. The number of primary amides is 1. The van der Waals surface area contributed by atoms with Crippen molar-refractivity contribution in [2.45, 2.75) is 24.5 Å². The second-order valence-corrected chi connectivity index (χ2v) is 11.1. The number of ketones is 2. The van der Waals surface area contributed by atoms with Crippen molar-refractivity contribution >= 4 is 39.2 Å². The van der Waals surface area contributed by atoms with Gasteiger partial charge in [-0.25, -0.2) is 0 Å². The largest absolute Gasteiger partial charge is 0.510 e. The van der Waals surface area contributed by atoms with Crippen LogP contribution in [0.3, 0.4) is 0 Å². The molecule has 1 aromatic rings. The lowest BCUT2D eigenvalue weighted by Crippen LogP contribution is -2.63. The number of nitrogens with zero attached hydrogens (tertiary/aromatic N) is 3. The summed E-state index contributed by atoms with van der Waals surface area (Å²) in [7, 11) is 1.63. The van der Waals surface area contributed by atoms with Crippen molar-refractivity contribution in [2.24, 2.45) is 17.6 Å². The topological polar surface area (TPSA) is 282 Å². The van der Waals surface area contributed by atoms with E-state index < -0.39 is 95.9 Å². The molecule has 0 aromatic heterocycles.